The molecule has 0 spiro atoms. The summed E-state index contributed by atoms with van der Waals surface area (Å²) in [6, 6.07) is 27.7. The van der Waals surface area contributed by atoms with Crippen molar-refractivity contribution >= 4 is 27.7 Å². The zero-order valence-electron chi connectivity index (χ0n) is 20.7. The Morgan fingerprint density at radius 1 is 0.833 bits per heavy atom. The Morgan fingerprint density at radius 2 is 1.47 bits per heavy atom. The highest BCUT2D eigenvalue weighted by Gasteiger charge is 2.31. The average molecular weight is 548 g/mol. The van der Waals surface area contributed by atoms with Crippen LogP contribution in [0.25, 0.3) is 0 Å². The van der Waals surface area contributed by atoms with Crippen LogP contribution in [0.3, 0.4) is 0 Å². The molecule has 1 atom stereocenters. The molecule has 188 valence electrons. The summed E-state index contributed by atoms with van der Waals surface area (Å²) in [5.74, 6) is -0.0487. The van der Waals surface area contributed by atoms with E-state index in [1.807, 2.05) is 84.9 Å². The summed E-state index contributed by atoms with van der Waals surface area (Å²) >= 11 is 3.55. The van der Waals surface area contributed by atoms with Crippen LogP contribution in [-0.2, 0) is 29.0 Å². The predicted octanol–water partition coefficient (Wildman–Crippen LogP) is 6.47. The molecule has 4 nitrogen and oxygen atoms in total. The summed E-state index contributed by atoms with van der Waals surface area (Å²) in [4.78, 5) is 29.3. The van der Waals surface area contributed by atoms with Crippen LogP contribution in [0.5, 0.6) is 0 Å². The lowest BCUT2D eigenvalue weighted by atomic mass is 9.94. The van der Waals surface area contributed by atoms with Gasteiger partial charge in [-0.3, -0.25) is 9.59 Å². The zero-order chi connectivity index (χ0) is 25.2. The minimum Gasteiger partial charge on any atom is -0.352 e. The van der Waals surface area contributed by atoms with E-state index in [2.05, 4.69) is 21.2 Å². The number of hydrogen-bond donors (Lipinski definition) is 1. The van der Waals surface area contributed by atoms with Crippen molar-refractivity contribution in [2.24, 2.45) is 0 Å². The molecule has 1 N–H and O–H groups in total. The molecule has 1 fully saturated rings. The molecule has 0 saturated heterocycles. The molecule has 2 amide bonds. The van der Waals surface area contributed by atoms with Crippen LogP contribution in [0.2, 0.25) is 0 Å². The summed E-state index contributed by atoms with van der Waals surface area (Å²) in [6.45, 7) is 0.392. The highest BCUT2D eigenvalue weighted by atomic mass is 79.9. The van der Waals surface area contributed by atoms with E-state index in [9.17, 15) is 9.59 Å². The fourth-order valence-corrected chi connectivity index (χ4v) is 5.42. The van der Waals surface area contributed by atoms with E-state index in [1.165, 1.54) is 6.42 Å². The minimum absolute atomic E-state index is 0.00134. The van der Waals surface area contributed by atoms with E-state index < -0.39 is 6.04 Å². The molecule has 36 heavy (non-hydrogen) atoms. The van der Waals surface area contributed by atoms with E-state index in [0.29, 0.717) is 25.8 Å². The summed E-state index contributed by atoms with van der Waals surface area (Å²) in [5, 5.41) is 3.30. The van der Waals surface area contributed by atoms with Crippen LogP contribution in [0, 0.1) is 0 Å². The normalized spacial score (nSPS) is 14.7. The summed E-state index contributed by atoms with van der Waals surface area (Å²) < 4.78 is 0.961. The molecule has 0 heterocycles. The van der Waals surface area contributed by atoms with Crippen molar-refractivity contribution in [3.05, 3.63) is 106 Å². The molecule has 0 bridgehead atoms. The number of amides is 2. The van der Waals surface area contributed by atoms with Crippen LogP contribution in [0.1, 0.15) is 55.2 Å². The smallest absolute Gasteiger partial charge is 0.243 e. The second-order valence-electron chi connectivity index (χ2n) is 9.69. The molecule has 1 aliphatic rings. The van der Waals surface area contributed by atoms with Crippen molar-refractivity contribution in [1.82, 2.24) is 10.2 Å². The quantitative estimate of drug-likeness (QED) is 0.316. The largest absolute Gasteiger partial charge is 0.352 e. The summed E-state index contributed by atoms with van der Waals surface area (Å²) in [6.07, 6.45) is 7.04. The van der Waals surface area contributed by atoms with Gasteiger partial charge in [-0.15, -0.1) is 0 Å². The Hall–Kier alpha value is -2.92. The van der Waals surface area contributed by atoms with Crippen molar-refractivity contribution in [2.75, 3.05) is 0 Å². The molecule has 0 aromatic heterocycles. The lowest BCUT2D eigenvalue weighted by Crippen LogP contribution is -2.52. The van der Waals surface area contributed by atoms with E-state index >= 15 is 0 Å². The Bertz CT molecular complexity index is 1110. The molecular weight excluding hydrogens is 512 g/mol. The third-order valence-electron chi connectivity index (χ3n) is 6.93. The van der Waals surface area contributed by atoms with Crippen LogP contribution in [0.15, 0.2) is 89.4 Å². The number of hydrogen-bond acceptors (Lipinski definition) is 2. The molecule has 4 rings (SSSR count). The number of carbonyl (C=O) groups excluding carboxylic acids is 2. The standard InChI is InChI=1S/C31H35BrN2O2/c32-27-16-10-15-26(21-27)23-34(30(35)20-19-24-11-4-1-5-12-24)29(22-25-13-6-2-7-14-25)31(36)33-28-17-8-3-9-18-28/h1-2,4-7,10-16,21,28-29H,3,8-9,17-20,22-23H2,(H,33,36)/t29-/m0/s1. The first-order valence-electron chi connectivity index (χ1n) is 13.0. The van der Waals surface area contributed by atoms with Gasteiger partial charge >= 0.3 is 0 Å². The van der Waals surface area contributed by atoms with Crippen molar-refractivity contribution in [3.63, 3.8) is 0 Å². The van der Waals surface area contributed by atoms with Crippen LogP contribution in [0.4, 0.5) is 0 Å². The number of nitrogens with zero attached hydrogens (tertiary/aromatic N) is 1. The second kappa shape index (κ2) is 13.4. The summed E-state index contributed by atoms with van der Waals surface area (Å²) in [5.41, 5.74) is 3.18. The Labute approximate surface area is 223 Å². The van der Waals surface area contributed by atoms with Gasteiger partial charge in [-0.1, -0.05) is 108 Å². The second-order valence-corrected chi connectivity index (χ2v) is 10.6. The Kier molecular flexibility index (Phi) is 9.74. The number of benzene rings is 3. The SMILES string of the molecule is O=C(NC1CCCCC1)[C@H](Cc1ccccc1)N(Cc1cccc(Br)c1)C(=O)CCc1ccccc1. The highest BCUT2D eigenvalue weighted by Crippen LogP contribution is 2.21. The van der Waals surface area contributed by atoms with E-state index in [4.69, 9.17) is 0 Å². The fourth-order valence-electron chi connectivity index (χ4n) is 4.97. The maximum Gasteiger partial charge on any atom is 0.243 e. The maximum atomic E-state index is 13.8. The van der Waals surface area contributed by atoms with Gasteiger partial charge in [0.1, 0.15) is 6.04 Å². The van der Waals surface area contributed by atoms with Gasteiger partial charge in [0.05, 0.1) is 0 Å². The van der Waals surface area contributed by atoms with Crippen molar-refractivity contribution in [1.29, 1.82) is 0 Å². The van der Waals surface area contributed by atoms with Crippen LogP contribution in [-0.4, -0.2) is 28.8 Å². The number of nitrogens with one attached hydrogen (secondary N) is 1. The molecule has 3 aromatic rings. The molecular formula is C31H35BrN2O2. The monoisotopic (exact) mass is 546 g/mol. The number of aryl methyl sites for hydroxylation is 1. The molecule has 0 unspecified atom stereocenters. The molecule has 1 aliphatic carbocycles. The third-order valence-corrected chi connectivity index (χ3v) is 7.43. The number of carbonyl (C=O) groups is 2. The first-order chi connectivity index (χ1) is 17.6. The molecule has 0 radical (unpaired) electrons. The van der Waals surface area contributed by atoms with Gasteiger partial charge in [-0.2, -0.15) is 0 Å². The minimum atomic E-state index is -0.573. The van der Waals surface area contributed by atoms with Gasteiger partial charge in [-0.25, -0.2) is 0 Å². The van der Waals surface area contributed by atoms with Gasteiger partial charge in [0, 0.05) is 29.9 Å². The topological polar surface area (TPSA) is 49.4 Å². The van der Waals surface area contributed by atoms with Crippen molar-refractivity contribution in [2.45, 2.75) is 70.0 Å². The highest BCUT2D eigenvalue weighted by molar-refractivity contribution is 9.10. The van der Waals surface area contributed by atoms with Crippen LogP contribution < -0.4 is 5.32 Å². The van der Waals surface area contributed by atoms with Gasteiger partial charge < -0.3 is 10.2 Å². The van der Waals surface area contributed by atoms with Gasteiger partial charge in [0.15, 0.2) is 0 Å². The van der Waals surface area contributed by atoms with Gasteiger partial charge in [0.25, 0.3) is 0 Å². The Morgan fingerprint density at radius 3 is 2.14 bits per heavy atom. The van der Waals surface area contributed by atoms with E-state index in [-0.39, 0.29) is 17.9 Å². The summed E-state index contributed by atoms with van der Waals surface area (Å²) in [7, 11) is 0. The molecule has 3 aromatic carbocycles. The number of halogens is 1. The predicted molar refractivity (Wildman–Crippen MR) is 148 cm³/mol. The van der Waals surface area contributed by atoms with Crippen LogP contribution >= 0.6 is 15.9 Å². The first kappa shape index (κ1) is 26.2. The molecule has 5 heteroatoms. The van der Waals surface area contributed by atoms with Gasteiger partial charge in [0.2, 0.25) is 11.8 Å². The average Bonchev–Trinajstić information content (AvgIpc) is 2.91. The zero-order valence-corrected chi connectivity index (χ0v) is 22.3. The van der Waals surface area contributed by atoms with E-state index in [1.54, 1.807) is 4.90 Å². The Balaban J connectivity index is 1.60. The fraction of sp³-hybridized carbons (Fsp3) is 0.355. The van der Waals surface area contributed by atoms with Crippen molar-refractivity contribution in [3.8, 4) is 0 Å². The lowest BCUT2D eigenvalue weighted by molar-refractivity contribution is -0.141. The maximum absolute atomic E-state index is 13.8. The van der Waals surface area contributed by atoms with Gasteiger partial charge in [-0.05, 0) is 48.1 Å². The first-order valence-corrected chi connectivity index (χ1v) is 13.8. The van der Waals surface area contributed by atoms with Crippen molar-refractivity contribution < 1.29 is 9.59 Å². The molecule has 1 saturated carbocycles. The van der Waals surface area contributed by atoms with E-state index in [0.717, 1.165) is 46.8 Å². The molecule has 0 aliphatic heterocycles. The lowest BCUT2D eigenvalue weighted by Gasteiger charge is -2.33. The number of rotatable bonds is 10. The third kappa shape index (κ3) is 7.79.